The fourth-order valence-corrected chi connectivity index (χ4v) is 3.08. The van der Waals surface area contributed by atoms with Gasteiger partial charge in [-0.2, -0.15) is 0 Å². The lowest BCUT2D eigenvalue weighted by molar-refractivity contribution is 0.0718. The first-order chi connectivity index (χ1) is 13.5. The van der Waals surface area contributed by atoms with Crippen LogP contribution in [0.2, 0.25) is 0 Å². The van der Waals surface area contributed by atoms with Gasteiger partial charge in [-0.05, 0) is 12.1 Å². The fraction of sp³-hybridized carbons (Fsp3) is 0. The average molecular weight is 385 g/mol. The Bertz CT molecular complexity index is 1260. The molecule has 0 spiro atoms. The average Bonchev–Trinajstić information content (AvgIpc) is 2.72. The van der Waals surface area contributed by atoms with Gasteiger partial charge < -0.3 is 30.8 Å². The maximum absolute atomic E-state index is 10.6. The van der Waals surface area contributed by atoms with Crippen molar-refractivity contribution in [3.05, 3.63) is 30.3 Å². The lowest BCUT2D eigenvalue weighted by Crippen LogP contribution is -1.97. The zero-order valence-electron chi connectivity index (χ0n) is 13.8. The molecule has 3 aromatic rings. The van der Waals surface area contributed by atoms with Gasteiger partial charge >= 0.3 is 0 Å². The summed E-state index contributed by atoms with van der Waals surface area (Å²) in [6.07, 6.45) is 0. The Morgan fingerprint density at radius 2 is 0.964 bits per heavy atom. The molecule has 0 bridgehead atoms. The van der Waals surface area contributed by atoms with Crippen molar-refractivity contribution >= 4 is 33.7 Å². The third-order valence-corrected chi connectivity index (χ3v) is 4.40. The molecular formula is C18H11NO9. The Labute approximate surface area is 153 Å². The van der Waals surface area contributed by atoms with Crippen LogP contribution in [0.15, 0.2) is 48.6 Å². The third kappa shape index (κ3) is 1.91. The summed E-state index contributed by atoms with van der Waals surface area (Å²) in [5, 5.41) is 53.9. The van der Waals surface area contributed by atoms with Crippen molar-refractivity contribution < 1.29 is 43.8 Å². The van der Waals surface area contributed by atoms with Crippen LogP contribution >= 0.6 is 0 Å². The van der Waals surface area contributed by atoms with Gasteiger partial charge in [0.25, 0.3) is 0 Å². The second-order valence-electron chi connectivity index (χ2n) is 6.01. The van der Waals surface area contributed by atoms with Gasteiger partial charge in [0.15, 0.2) is 11.5 Å². The molecule has 2 aliphatic rings. The summed E-state index contributed by atoms with van der Waals surface area (Å²) in [7, 11) is 0. The summed E-state index contributed by atoms with van der Waals surface area (Å²) in [5.74, 6) is -3.58. The topological polar surface area (TPSA) is 166 Å². The molecule has 0 saturated carbocycles. The molecule has 2 aliphatic heterocycles. The number of hydrogen-bond donors (Lipinski definition) is 6. The van der Waals surface area contributed by atoms with E-state index in [1.807, 2.05) is 0 Å². The van der Waals surface area contributed by atoms with Gasteiger partial charge in [-0.1, -0.05) is 18.2 Å². The lowest BCUT2D eigenvalue weighted by Gasteiger charge is -2.17. The molecule has 0 unspecified atom stereocenters. The van der Waals surface area contributed by atoms with Crippen molar-refractivity contribution in [1.82, 2.24) is 0 Å². The molecule has 0 aliphatic carbocycles. The van der Waals surface area contributed by atoms with Crippen LogP contribution in [0.5, 0.6) is 28.7 Å². The number of rotatable bonds is 2. The summed E-state index contributed by atoms with van der Waals surface area (Å²) in [6.45, 7) is 0. The predicted molar refractivity (Wildman–Crippen MR) is 94.0 cm³/mol. The highest BCUT2D eigenvalue weighted by atomic mass is 17.0. The molecule has 10 heteroatoms. The number of phenols is 5. The van der Waals surface area contributed by atoms with E-state index in [1.165, 1.54) is 0 Å². The van der Waals surface area contributed by atoms with Crippen molar-refractivity contribution in [3.8, 4) is 39.9 Å². The number of phenolic OH excluding ortho intramolecular Hbond substituents is 5. The van der Waals surface area contributed by atoms with Gasteiger partial charge in [0.05, 0.1) is 11.1 Å². The fourth-order valence-electron chi connectivity index (χ4n) is 3.08. The van der Waals surface area contributed by atoms with Crippen LogP contribution in [0.25, 0.3) is 33.5 Å². The van der Waals surface area contributed by atoms with E-state index in [4.69, 9.17) is 18.3 Å². The molecule has 5 rings (SSSR count). The minimum atomic E-state index is -0.913. The number of aromatic hydroxyl groups is 5. The Kier molecular flexibility index (Phi) is 3.02. The van der Waals surface area contributed by atoms with Crippen molar-refractivity contribution in [2.45, 2.75) is 0 Å². The summed E-state index contributed by atoms with van der Waals surface area (Å²) in [6, 6.07) is 8.69. The lowest BCUT2D eigenvalue weighted by atomic mass is 9.99. The number of anilines is 2. The first kappa shape index (κ1) is 15.9. The van der Waals surface area contributed by atoms with E-state index >= 15 is 0 Å². The first-order valence-corrected chi connectivity index (χ1v) is 7.93. The maximum atomic E-state index is 10.6. The molecule has 0 fully saturated rings. The molecule has 0 amide bonds. The van der Waals surface area contributed by atoms with Crippen LogP contribution < -0.4 is 5.32 Å². The number of nitrogens with one attached hydrogen (secondary N) is 1. The molecule has 0 saturated heterocycles. The number of hydrogen-bond acceptors (Lipinski definition) is 10. The van der Waals surface area contributed by atoms with Crippen LogP contribution in [0.4, 0.5) is 11.4 Å². The van der Waals surface area contributed by atoms with E-state index in [-0.39, 0.29) is 39.1 Å². The summed E-state index contributed by atoms with van der Waals surface area (Å²) in [4.78, 5) is 0. The summed E-state index contributed by atoms with van der Waals surface area (Å²) < 4.78 is 20.1. The van der Waals surface area contributed by atoms with Crippen molar-refractivity contribution in [1.29, 1.82) is 0 Å². The molecular weight excluding hydrogens is 374 g/mol. The highest BCUT2D eigenvalue weighted by molar-refractivity contribution is 6.12. The van der Waals surface area contributed by atoms with Crippen molar-refractivity contribution in [2.75, 3.05) is 5.32 Å². The minimum absolute atomic E-state index is 0.0401. The predicted octanol–water partition coefficient (Wildman–Crippen LogP) is 4.30. The number of benzene rings is 3. The normalized spacial score (nSPS) is 11.6. The summed E-state index contributed by atoms with van der Waals surface area (Å²) in [5.41, 5.74) is -0.995. The van der Waals surface area contributed by atoms with Gasteiger partial charge in [-0.3, -0.25) is 18.3 Å². The van der Waals surface area contributed by atoms with E-state index in [0.717, 1.165) is 0 Å². The highest BCUT2D eigenvalue weighted by Gasteiger charge is 2.35. The van der Waals surface area contributed by atoms with Crippen molar-refractivity contribution in [3.63, 3.8) is 0 Å². The van der Waals surface area contributed by atoms with Crippen LogP contribution in [-0.4, -0.2) is 25.5 Å². The third-order valence-electron chi connectivity index (χ3n) is 4.40. The van der Waals surface area contributed by atoms with Crippen LogP contribution in [0.1, 0.15) is 0 Å². The molecule has 0 radical (unpaired) electrons. The molecule has 2 heterocycles. The Morgan fingerprint density at radius 3 is 1.43 bits per heavy atom. The molecule has 142 valence electrons. The van der Waals surface area contributed by atoms with Crippen molar-refractivity contribution in [2.24, 2.45) is 0 Å². The van der Waals surface area contributed by atoms with Gasteiger partial charge in [0.2, 0.25) is 39.6 Å². The molecule has 0 atom stereocenters. The molecule has 3 aromatic carbocycles. The van der Waals surface area contributed by atoms with Gasteiger partial charge in [-0.25, -0.2) is 0 Å². The smallest absolute Gasteiger partial charge is 0.236 e. The minimum Gasteiger partial charge on any atom is -0.503 e. The number of para-hydroxylation sites is 1. The SMILES string of the molecule is Oc1c(O)c2ooc3c(O)c(Nc4ccccc4)c(O)c4ooc(c1O)c2-c34. The van der Waals surface area contributed by atoms with Gasteiger partial charge in [0, 0.05) is 5.69 Å². The van der Waals surface area contributed by atoms with E-state index in [9.17, 15) is 25.5 Å². The quantitative estimate of drug-likeness (QED) is 0.146. The molecule has 28 heavy (non-hydrogen) atoms. The maximum Gasteiger partial charge on any atom is 0.236 e. The van der Waals surface area contributed by atoms with Crippen LogP contribution in [0, 0.1) is 0 Å². The monoisotopic (exact) mass is 385 g/mol. The Morgan fingerprint density at radius 1 is 0.536 bits per heavy atom. The van der Waals surface area contributed by atoms with E-state index in [0.29, 0.717) is 5.69 Å². The largest absolute Gasteiger partial charge is 0.503 e. The van der Waals surface area contributed by atoms with E-state index < -0.39 is 28.7 Å². The second-order valence-corrected chi connectivity index (χ2v) is 6.01. The highest BCUT2D eigenvalue weighted by Crippen LogP contribution is 2.56. The molecule has 10 nitrogen and oxygen atoms in total. The van der Waals surface area contributed by atoms with Crippen LogP contribution in [0.3, 0.4) is 0 Å². The standard InChI is InChI=1S/C18H11NO9/c20-10-9(19-6-4-2-1-3-5-6)11(21)16-7-8-17(27-25-15(7)10)13(23)12(22)14(24)18(8)28-26-16/h1-5,19-24H. The summed E-state index contributed by atoms with van der Waals surface area (Å²) >= 11 is 0. The zero-order chi connectivity index (χ0) is 19.6. The molecule has 0 aromatic heterocycles. The van der Waals surface area contributed by atoms with Gasteiger partial charge in [-0.15, -0.1) is 0 Å². The molecule has 6 N–H and O–H groups in total. The van der Waals surface area contributed by atoms with Gasteiger partial charge in [0.1, 0.15) is 5.69 Å². The first-order valence-electron chi connectivity index (χ1n) is 7.93. The van der Waals surface area contributed by atoms with E-state index in [2.05, 4.69) is 5.32 Å². The van der Waals surface area contributed by atoms with E-state index in [1.54, 1.807) is 30.3 Å². The Balaban J connectivity index is 1.89. The Hall–Kier alpha value is -4.34. The zero-order valence-corrected chi connectivity index (χ0v) is 13.8. The van der Waals surface area contributed by atoms with Crippen LogP contribution in [-0.2, 0) is 0 Å². The second kappa shape index (κ2) is 5.33.